The first kappa shape index (κ1) is 15.7. The van der Waals surface area contributed by atoms with E-state index in [2.05, 4.69) is 4.72 Å². The van der Waals surface area contributed by atoms with Crippen molar-refractivity contribution in [3.05, 3.63) is 60.2 Å². The highest BCUT2D eigenvalue weighted by Crippen LogP contribution is 2.23. The summed E-state index contributed by atoms with van der Waals surface area (Å²) in [6.07, 6.45) is 0.457. The molecule has 120 valence electrons. The van der Waals surface area contributed by atoms with E-state index in [0.29, 0.717) is 18.5 Å². The fraction of sp³-hybridized carbons (Fsp3) is 0.235. The second kappa shape index (κ2) is 6.14. The molecule has 1 aliphatic rings. The Balaban J connectivity index is 1.79. The van der Waals surface area contributed by atoms with Gasteiger partial charge in [-0.15, -0.1) is 0 Å². The van der Waals surface area contributed by atoms with Crippen LogP contribution in [0.4, 0.5) is 5.69 Å². The zero-order valence-electron chi connectivity index (χ0n) is 12.8. The van der Waals surface area contributed by atoms with Crippen molar-refractivity contribution in [1.29, 1.82) is 0 Å². The highest BCUT2D eigenvalue weighted by Gasteiger charge is 2.35. The molecule has 1 saturated heterocycles. The Hall–Kier alpha value is -2.18. The van der Waals surface area contributed by atoms with Crippen molar-refractivity contribution in [2.45, 2.75) is 24.3 Å². The van der Waals surface area contributed by atoms with E-state index in [0.717, 1.165) is 5.69 Å². The SMILES string of the molecule is Cc1ccccc1S(=O)(=O)N[C@@H]1CCN(c2ccccc2)C1=O. The van der Waals surface area contributed by atoms with Gasteiger partial charge in [0.05, 0.1) is 4.90 Å². The normalized spacial score (nSPS) is 18.4. The van der Waals surface area contributed by atoms with Crippen LogP contribution >= 0.6 is 0 Å². The van der Waals surface area contributed by atoms with E-state index in [1.54, 1.807) is 36.1 Å². The largest absolute Gasteiger partial charge is 0.311 e. The second-order valence-electron chi connectivity index (χ2n) is 5.55. The zero-order chi connectivity index (χ0) is 16.4. The van der Waals surface area contributed by atoms with Gasteiger partial charge >= 0.3 is 0 Å². The van der Waals surface area contributed by atoms with Crippen LogP contribution < -0.4 is 9.62 Å². The third kappa shape index (κ3) is 3.13. The monoisotopic (exact) mass is 330 g/mol. The molecule has 1 atom stereocenters. The van der Waals surface area contributed by atoms with Crippen LogP contribution in [0.1, 0.15) is 12.0 Å². The van der Waals surface area contributed by atoms with E-state index in [1.165, 1.54) is 0 Å². The first-order valence-corrected chi connectivity index (χ1v) is 8.92. The lowest BCUT2D eigenvalue weighted by Crippen LogP contribution is -2.41. The van der Waals surface area contributed by atoms with Gasteiger partial charge in [0.1, 0.15) is 6.04 Å². The molecule has 1 N–H and O–H groups in total. The van der Waals surface area contributed by atoms with Gasteiger partial charge in [0, 0.05) is 12.2 Å². The first-order chi connectivity index (χ1) is 11.0. The summed E-state index contributed by atoms with van der Waals surface area (Å²) < 4.78 is 27.6. The predicted molar refractivity (Wildman–Crippen MR) is 88.7 cm³/mol. The minimum Gasteiger partial charge on any atom is -0.311 e. The standard InChI is InChI=1S/C17H18N2O3S/c1-13-7-5-6-10-16(13)23(21,22)18-15-11-12-19(17(15)20)14-8-3-2-4-9-14/h2-10,15,18H,11-12H2,1H3/t15-/m1/s1. The van der Waals surface area contributed by atoms with Crippen molar-refractivity contribution >= 4 is 21.6 Å². The van der Waals surface area contributed by atoms with Gasteiger partial charge in [-0.1, -0.05) is 36.4 Å². The van der Waals surface area contributed by atoms with E-state index >= 15 is 0 Å². The summed E-state index contributed by atoms with van der Waals surface area (Å²) in [5.41, 5.74) is 1.44. The maximum absolute atomic E-state index is 12.5. The zero-order valence-corrected chi connectivity index (χ0v) is 13.6. The molecule has 0 aliphatic carbocycles. The van der Waals surface area contributed by atoms with Crippen molar-refractivity contribution < 1.29 is 13.2 Å². The molecular weight excluding hydrogens is 312 g/mol. The van der Waals surface area contributed by atoms with E-state index in [1.807, 2.05) is 30.3 Å². The van der Waals surface area contributed by atoms with Crippen LogP contribution in [-0.2, 0) is 14.8 Å². The maximum Gasteiger partial charge on any atom is 0.245 e. The second-order valence-corrected chi connectivity index (χ2v) is 7.24. The Bertz CT molecular complexity index is 819. The molecule has 0 radical (unpaired) electrons. The van der Waals surface area contributed by atoms with Gasteiger partial charge in [0.15, 0.2) is 0 Å². The summed E-state index contributed by atoms with van der Waals surface area (Å²) >= 11 is 0. The maximum atomic E-state index is 12.5. The number of hydrogen-bond acceptors (Lipinski definition) is 3. The molecule has 1 fully saturated rings. The van der Waals surface area contributed by atoms with Crippen molar-refractivity contribution in [3.63, 3.8) is 0 Å². The van der Waals surface area contributed by atoms with Crippen LogP contribution in [0, 0.1) is 6.92 Å². The van der Waals surface area contributed by atoms with E-state index in [-0.39, 0.29) is 10.8 Å². The lowest BCUT2D eigenvalue weighted by atomic mass is 10.2. The molecule has 0 saturated carbocycles. The van der Waals surface area contributed by atoms with Crippen LogP contribution in [0.2, 0.25) is 0 Å². The molecule has 23 heavy (non-hydrogen) atoms. The van der Waals surface area contributed by atoms with Crippen molar-refractivity contribution in [3.8, 4) is 0 Å². The van der Waals surface area contributed by atoms with E-state index in [4.69, 9.17) is 0 Å². The third-order valence-electron chi connectivity index (χ3n) is 3.95. The van der Waals surface area contributed by atoms with Crippen LogP contribution in [0.25, 0.3) is 0 Å². The number of hydrogen-bond donors (Lipinski definition) is 1. The topological polar surface area (TPSA) is 66.5 Å². The minimum atomic E-state index is -3.71. The molecule has 2 aromatic carbocycles. The molecule has 6 heteroatoms. The van der Waals surface area contributed by atoms with Crippen molar-refractivity contribution in [2.24, 2.45) is 0 Å². The Morgan fingerprint density at radius 1 is 1.04 bits per heavy atom. The predicted octanol–water partition coefficient (Wildman–Crippen LogP) is 2.08. The molecule has 3 rings (SSSR count). The minimum absolute atomic E-state index is 0.214. The van der Waals surface area contributed by atoms with Crippen LogP contribution in [0.5, 0.6) is 0 Å². The van der Waals surface area contributed by atoms with Gasteiger partial charge in [-0.2, -0.15) is 4.72 Å². The van der Waals surface area contributed by atoms with Gasteiger partial charge < -0.3 is 4.90 Å². The summed E-state index contributed by atoms with van der Waals surface area (Å²) in [4.78, 5) is 14.3. The number of carbonyl (C=O) groups is 1. The quantitative estimate of drug-likeness (QED) is 0.933. The lowest BCUT2D eigenvalue weighted by Gasteiger charge is -2.17. The summed E-state index contributed by atoms with van der Waals surface area (Å²) in [7, 11) is -3.71. The first-order valence-electron chi connectivity index (χ1n) is 7.43. The number of para-hydroxylation sites is 1. The number of nitrogens with one attached hydrogen (secondary N) is 1. The summed E-state index contributed by atoms with van der Waals surface area (Å²) in [5.74, 6) is -0.214. The van der Waals surface area contributed by atoms with Crippen LogP contribution in [0.3, 0.4) is 0 Å². The number of rotatable bonds is 4. The molecular formula is C17H18N2O3S. The molecule has 2 aromatic rings. The fourth-order valence-corrected chi connectivity index (χ4v) is 4.23. The summed E-state index contributed by atoms with van der Waals surface area (Å²) in [6, 6.07) is 15.3. The van der Waals surface area contributed by atoms with Crippen molar-refractivity contribution in [1.82, 2.24) is 4.72 Å². The Morgan fingerprint density at radius 2 is 1.70 bits per heavy atom. The molecule has 0 unspecified atom stereocenters. The third-order valence-corrected chi connectivity index (χ3v) is 5.59. The molecule has 5 nitrogen and oxygen atoms in total. The van der Waals surface area contributed by atoms with Gasteiger partial charge in [0.2, 0.25) is 15.9 Å². The van der Waals surface area contributed by atoms with Gasteiger partial charge in [0.25, 0.3) is 0 Å². The number of nitrogens with zero attached hydrogens (tertiary/aromatic N) is 1. The summed E-state index contributed by atoms with van der Waals surface area (Å²) in [5, 5.41) is 0. The Kier molecular flexibility index (Phi) is 4.19. The van der Waals surface area contributed by atoms with Crippen molar-refractivity contribution in [2.75, 3.05) is 11.4 Å². The van der Waals surface area contributed by atoms with Crippen LogP contribution in [-0.4, -0.2) is 26.9 Å². The molecule has 1 heterocycles. The number of sulfonamides is 1. The molecule has 0 aromatic heterocycles. The number of benzene rings is 2. The van der Waals surface area contributed by atoms with Gasteiger partial charge in [-0.05, 0) is 37.1 Å². The van der Waals surface area contributed by atoms with Gasteiger partial charge in [-0.3, -0.25) is 4.79 Å². The molecule has 0 spiro atoms. The van der Waals surface area contributed by atoms with E-state index < -0.39 is 16.1 Å². The molecule has 0 bridgehead atoms. The molecule has 1 amide bonds. The number of aryl methyl sites for hydroxylation is 1. The average molecular weight is 330 g/mol. The number of carbonyl (C=O) groups excluding carboxylic acids is 1. The molecule has 1 aliphatic heterocycles. The highest BCUT2D eigenvalue weighted by molar-refractivity contribution is 7.89. The fourth-order valence-electron chi connectivity index (χ4n) is 2.76. The lowest BCUT2D eigenvalue weighted by molar-refractivity contribution is -0.118. The number of amides is 1. The van der Waals surface area contributed by atoms with Crippen LogP contribution in [0.15, 0.2) is 59.5 Å². The van der Waals surface area contributed by atoms with Gasteiger partial charge in [-0.25, -0.2) is 8.42 Å². The van der Waals surface area contributed by atoms with E-state index in [9.17, 15) is 13.2 Å². The Morgan fingerprint density at radius 3 is 2.39 bits per heavy atom. The smallest absolute Gasteiger partial charge is 0.245 e. The Labute approximate surface area is 136 Å². The summed E-state index contributed by atoms with van der Waals surface area (Å²) in [6.45, 7) is 2.24. The number of anilines is 1. The highest BCUT2D eigenvalue weighted by atomic mass is 32.2. The average Bonchev–Trinajstić information content (AvgIpc) is 2.89.